The summed E-state index contributed by atoms with van der Waals surface area (Å²) in [4.78, 5) is 71.5. The van der Waals surface area contributed by atoms with Crippen molar-refractivity contribution in [3.05, 3.63) is 204 Å². The van der Waals surface area contributed by atoms with E-state index in [1.807, 2.05) is 129 Å². The zero-order chi connectivity index (χ0) is 82.0. The molecule has 2 bridgehead atoms. The van der Waals surface area contributed by atoms with Crippen LogP contribution in [0.3, 0.4) is 0 Å². The average molecular weight is 1580 g/mol. The predicted molar refractivity (Wildman–Crippen MR) is 428 cm³/mol. The van der Waals surface area contributed by atoms with Crippen LogP contribution in [0, 0.1) is 17.8 Å². The summed E-state index contributed by atoms with van der Waals surface area (Å²) in [6.07, 6.45) is 1.06. The zero-order valence-corrected chi connectivity index (χ0v) is 65.9. The molecular formula is C88H117N5O21. The molecule has 0 aromatic heterocycles. The summed E-state index contributed by atoms with van der Waals surface area (Å²) in [6, 6.07) is 28.7. The maximum atomic E-state index is 14.9. The van der Waals surface area contributed by atoms with E-state index in [0.29, 0.717) is 19.4 Å². The fourth-order valence-corrected chi connectivity index (χ4v) is 15.5. The van der Waals surface area contributed by atoms with Gasteiger partial charge in [-0.3, -0.25) is 14.4 Å². The molecule has 14 N–H and O–H groups in total. The number of amides is 4. The Kier molecular flexibility index (Phi) is 34.5. The maximum Gasteiger partial charge on any atom is 0.407 e. The molecule has 2 aliphatic carbocycles. The van der Waals surface area contributed by atoms with E-state index in [2.05, 4.69) is 21.3 Å². The first-order valence-electron chi connectivity index (χ1n) is 39.8. The molecule has 114 heavy (non-hydrogen) atoms. The first-order valence-corrected chi connectivity index (χ1v) is 39.8. The van der Waals surface area contributed by atoms with Crippen molar-refractivity contribution in [3.8, 4) is 22.3 Å². The Morgan fingerprint density at radius 2 is 1.06 bits per heavy atom. The summed E-state index contributed by atoms with van der Waals surface area (Å²) >= 11 is 0. The molecule has 0 saturated carbocycles. The Bertz CT molecular complexity index is 3900. The van der Waals surface area contributed by atoms with Crippen molar-refractivity contribution in [2.75, 3.05) is 46.9 Å². The number of unbranched alkanes of at least 4 members (excludes halogenated alkanes) is 1. The van der Waals surface area contributed by atoms with Crippen LogP contribution >= 0.6 is 0 Å². The topological polar surface area (TPSA) is 394 Å². The molecule has 4 aromatic carbocycles. The molecule has 4 aromatic rings. The van der Waals surface area contributed by atoms with Gasteiger partial charge >= 0.3 is 18.2 Å². The van der Waals surface area contributed by atoms with Gasteiger partial charge < -0.3 is 106 Å². The van der Waals surface area contributed by atoms with Gasteiger partial charge in [0.15, 0.2) is 12.1 Å². The molecule has 0 spiro atoms. The monoisotopic (exact) mass is 1580 g/mol. The lowest BCUT2D eigenvalue weighted by Gasteiger charge is -2.46. The summed E-state index contributed by atoms with van der Waals surface area (Å²) in [7, 11) is 3.74. The molecule has 0 radical (unpaired) electrons. The Hall–Kier alpha value is -8.55. The van der Waals surface area contributed by atoms with Crippen molar-refractivity contribution in [2.45, 2.75) is 220 Å². The number of benzene rings is 4. The third-order valence-electron chi connectivity index (χ3n) is 21.9. The summed E-state index contributed by atoms with van der Waals surface area (Å²) in [5.74, 6) is -7.38. The van der Waals surface area contributed by atoms with Crippen LogP contribution < -0.4 is 21.3 Å². The average Bonchev–Trinajstić information content (AvgIpc) is 1.56. The Morgan fingerprint density at radius 1 is 0.553 bits per heavy atom. The molecule has 26 heteroatoms. The van der Waals surface area contributed by atoms with Crippen LogP contribution in [0.15, 0.2) is 182 Å². The molecular weight excluding hydrogens is 1460 g/mol. The smallest absolute Gasteiger partial charge is 0.407 e. The molecule has 2 saturated heterocycles. The van der Waals surface area contributed by atoms with E-state index >= 15 is 0 Å². The van der Waals surface area contributed by atoms with Gasteiger partial charge in [0.05, 0.1) is 79.4 Å². The minimum absolute atomic E-state index is 0.0128. The largest absolute Gasteiger partial charge is 0.462 e. The van der Waals surface area contributed by atoms with Crippen LogP contribution in [0.25, 0.3) is 22.3 Å². The highest BCUT2D eigenvalue weighted by molar-refractivity contribution is 5.86. The molecule has 5 aliphatic rings. The number of hydrogen-bond acceptors (Lipinski definition) is 22. The molecule has 3 aliphatic heterocycles. The van der Waals surface area contributed by atoms with Crippen LogP contribution in [0.4, 0.5) is 9.59 Å². The number of esters is 1. The molecule has 2 fully saturated rings. The van der Waals surface area contributed by atoms with E-state index in [1.54, 1.807) is 92.8 Å². The SMILES string of the molecule is C[C@@H]1[C@H](O)[C@@H](C)/C=C/C=C/C=C/C=C/C=C/C=C/C=C/[C@H](O[C@@H]2O[C@H](C)[C@@H](O)[C@H](NC(=O)[C@H](CCCCNC(=O)OCC3c4ccccc4-c4ccccc43)NC(=O)OCC3c4ccccc4-c4ccccc43)[C@@H]2O)C[C@@H]2O[C@](O)(C[C@@H](O)[C@H](O)CC[C@@H](O)C[C@@H](O)C[C@@H](O)CC(=O)O[C@H]1C)C[C@H](O)[C@H]2C(=O)NCCCN(C)C. The van der Waals surface area contributed by atoms with E-state index in [9.17, 15) is 75.0 Å². The summed E-state index contributed by atoms with van der Waals surface area (Å²) in [6.45, 7) is 7.64. The second-order valence-corrected chi connectivity index (χ2v) is 30.9. The fraction of sp³-hybridized carbons (Fsp3) is 0.511. The maximum absolute atomic E-state index is 14.9. The number of aliphatic hydroxyl groups is 10. The van der Waals surface area contributed by atoms with Gasteiger partial charge in [-0.05, 0) is 130 Å². The van der Waals surface area contributed by atoms with Crippen LogP contribution in [0.2, 0.25) is 0 Å². The molecule has 3 heterocycles. The van der Waals surface area contributed by atoms with Crippen molar-refractivity contribution in [1.29, 1.82) is 0 Å². The second kappa shape index (κ2) is 44.0. The minimum atomic E-state index is -2.44. The van der Waals surface area contributed by atoms with Gasteiger partial charge in [0.25, 0.3) is 0 Å². The lowest BCUT2D eigenvalue weighted by Crippen LogP contribution is -2.65. The summed E-state index contributed by atoms with van der Waals surface area (Å²) in [5, 5.41) is 126. The highest BCUT2D eigenvalue weighted by atomic mass is 16.7. The van der Waals surface area contributed by atoms with Gasteiger partial charge in [-0.15, -0.1) is 0 Å². The number of allylic oxidation sites excluding steroid dienone is 12. The standard InChI is InChI=1S/C88H117N5O21/c1-54-30-17-15-13-11-9-7-8-10-12-14-16-18-31-61(49-76-78(84(105)89-44-29-45-93(5)6)75(99)51-88(108,114-76)50-74(98)73(97)42-41-58(94)46-59(95)47-60(96)48-77(100)111-56(3)55(2)80(54)101)113-85-82(103)79(81(102)57(4)112-85)92-83(104)72(91-87(107)110-53-71-68-38-25-21-34-64(68)65-35-22-26-39-69(65)71)40-27-28-43-90-86(106)109-52-70-66-36-23-19-32-62(66)63-33-20-24-37-67(63)70/h7-26,30-39,54-61,70-76,78-82,85,94-99,101-103,108H,27-29,40-53H2,1-6H3,(H,89,105)(H,90,106)(H,91,107)(H,92,104)/b8-7+,11-9+,12-10+,15-13+,16-14+,30-17+,31-18+/t54-,55-,56-,57+,58+,59+,60+,61-,72-,73+,74+,75-,76-,78+,79-,80+,81+,82-,85-,88+/m0/s1. The van der Waals surface area contributed by atoms with Crippen LogP contribution in [-0.2, 0) is 42.8 Å². The highest BCUT2D eigenvalue weighted by Gasteiger charge is 2.52. The first-order chi connectivity index (χ1) is 54.7. The van der Waals surface area contributed by atoms with Gasteiger partial charge in [0.1, 0.15) is 37.6 Å². The van der Waals surface area contributed by atoms with E-state index in [-0.39, 0.29) is 89.0 Å². The molecule has 20 atom stereocenters. The van der Waals surface area contributed by atoms with Gasteiger partial charge in [0, 0.05) is 56.0 Å². The predicted octanol–water partition coefficient (Wildman–Crippen LogP) is 7.47. The normalized spacial score (nSPS) is 31.9. The summed E-state index contributed by atoms with van der Waals surface area (Å²) < 4.78 is 36.5. The molecule has 0 unspecified atom stereocenters. The van der Waals surface area contributed by atoms with E-state index in [0.717, 1.165) is 44.5 Å². The fourth-order valence-electron chi connectivity index (χ4n) is 15.5. The van der Waals surface area contributed by atoms with Gasteiger partial charge in [-0.1, -0.05) is 196 Å². The number of alkyl carbamates (subject to hydrolysis) is 2. The Morgan fingerprint density at radius 3 is 1.62 bits per heavy atom. The van der Waals surface area contributed by atoms with Crippen LogP contribution in [-0.4, -0.2) is 236 Å². The number of nitrogens with one attached hydrogen (secondary N) is 4. The highest BCUT2D eigenvalue weighted by Crippen LogP contribution is 2.46. The number of hydrogen-bond donors (Lipinski definition) is 14. The quantitative estimate of drug-likeness (QED) is 0.0246. The summed E-state index contributed by atoms with van der Waals surface area (Å²) in [5.41, 5.74) is 8.21. The van der Waals surface area contributed by atoms with E-state index in [4.69, 9.17) is 28.4 Å². The van der Waals surface area contributed by atoms with Crippen molar-refractivity contribution in [1.82, 2.24) is 26.2 Å². The van der Waals surface area contributed by atoms with Gasteiger partial charge in [-0.2, -0.15) is 0 Å². The number of ether oxygens (including phenoxy) is 6. The number of fused-ring (bicyclic) bond motifs is 8. The van der Waals surface area contributed by atoms with Gasteiger partial charge in [-0.25, -0.2) is 9.59 Å². The van der Waals surface area contributed by atoms with Crippen molar-refractivity contribution in [3.63, 3.8) is 0 Å². The molecule has 620 valence electrons. The Balaban J connectivity index is 0.934. The number of carbonyl (C=O) groups is 5. The number of rotatable bonds is 19. The number of nitrogens with zero attached hydrogens (tertiary/aromatic N) is 1. The molecule has 9 rings (SSSR count). The molecule has 4 amide bonds. The third kappa shape index (κ3) is 25.7. The number of cyclic esters (lactones) is 1. The minimum Gasteiger partial charge on any atom is -0.462 e. The van der Waals surface area contributed by atoms with Crippen molar-refractivity contribution >= 4 is 30.0 Å². The van der Waals surface area contributed by atoms with Crippen LogP contribution in [0.1, 0.15) is 139 Å². The second-order valence-electron chi connectivity index (χ2n) is 30.9. The van der Waals surface area contributed by atoms with Crippen molar-refractivity contribution in [2.24, 2.45) is 17.8 Å². The first kappa shape index (κ1) is 89.4. The number of carbonyl (C=O) groups excluding carboxylic acids is 5. The van der Waals surface area contributed by atoms with Crippen molar-refractivity contribution < 1.29 is 103 Å². The molecule has 26 nitrogen and oxygen atoms in total. The van der Waals surface area contributed by atoms with E-state index < -0.39 is 165 Å². The van der Waals surface area contributed by atoms with Crippen LogP contribution in [0.5, 0.6) is 0 Å². The lowest BCUT2D eigenvalue weighted by molar-refractivity contribution is -0.309. The number of aliphatic hydroxyl groups excluding tert-OH is 9. The zero-order valence-electron chi connectivity index (χ0n) is 65.9. The lowest BCUT2D eigenvalue weighted by atomic mass is 9.82. The Labute approximate surface area is 667 Å². The van der Waals surface area contributed by atoms with E-state index in [1.165, 1.54) is 6.92 Å². The van der Waals surface area contributed by atoms with Gasteiger partial charge in [0.2, 0.25) is 11.8 Å². The third-order valence-corrected chi connectivity index (χ3v) is 21.9.